The average Bonchev–Trinajstić information content (AvgIpc) is 3.27. The van der Waals surface area contributed by atoms with Gasteiger partial charge in [-0.25, -0.2) is 4.79 Å². The van der Waals surface area contributed by atoms with Crippen LogP contribution >= 0.6 is 0 Å². The second-order valence-electron chi connectivity index (χ2n) is 8.24. The van der Waals surface area contributed by atoms with Crippen molar-refractivity contribution < 1.29 is 28.8 Å². The summed E-state index contributed by atoms with van der Waals surface area (Å²) in [6, 6.07) is 13.1. The minimum Gasteiger partial charge on any atom is -0.497 e. The van der Waals surface area contributed by atoms with Crippen LogP contribution in [0.1, 0.15) is 5.56 Å². The molecule has 1 amide bonds. The van der Waals surface area contributed by atoms with Crippen LogP contribution in [-0.2, 0) is 11.2 Å². The van der Waals surface area contributed by atoms with Crippen LogP contribution in [0, 0.1) is 0 Å². The Balaban J connectivity index is 1.15. The van der Waals surface area contributed by atoms with Crippen molar-refractivity contribution in [3.8, 4) is 17.2 Å². The fourth-order valence-electron chi connectivity index (χ4n) is 4.23. The zero-order chi connectivity index (χ0) is 23.5. The molecule has 5 rings (SSSR count). The first-order chi connectivity index (χ1) is 16.6. The van der Waals surface area contributed by atoms with Crippen molar-refractivity contribution in [1.82, 2.24) is 10.3 Å². The summed E-state index contributed by atoms with van der Waals surface area (Å²) in [5, 5.41) is 14.9. The Hall–Kier alpha value is -3.56. The second kappa shape index (κ2) is 9.74. The Labute approximate surface area is 197 Å². The number of benzene rings is 2. The van der Waals surface area contributed by atoms with E-state index in [1.807, 2.05) is 24.3 Å². The predicted molar refractivity (Wildman–Crippen MR) is 126 cm³/mol. The van der Waals surface area contributed by atoms with Gasteiger partial charge in [0.1, 0.15) is 31.2 Å². The number of ether oxygens (including phenoxy) is 4. The summed E-state index contributed by atoms with van der Waals surface area (Å²) >= 11 is 0. The molecule has 0 spiro atoms. The van der Waals surface area contributed by atoms with Crippen LogP contribution < -0.4 is 24.4 Å². The Bertz CT molecular complexity index is 1190. The number of aromatic nitrogens is 1. The molecule has 2 atom stereocenters. The van der Waals surface area contributed by atoms with Gasteiger partial charge >= 0.3 is 6.09 Å². The Morgan fingerprint density at radius 2 is 2.03 bits per heavy atom. The first kappa shape index (κ1) is 22.2. The number of hydrogen-bond donors (Lipinski definition) is 2. The molecular formula is C25H27N3O6. The number of carbonyl (C=O) groups is 1. The predicted octanol–water partition coefficient (Wildman–Crippen LogP) is 2.53. The highest BCUT2D eigenvalue weighted by molar-refractivity contribution is 5.90. The zero-order valence-corrected chi connectivity index (χ0v) is 18.9. The third kappa shape index (κ3) is 4.57. The fourth-order valence-corrected chi connectivity index (χ4v) is 4.23. The van der Waals surface area contributed by atoms with E-state index in [1.165, 1.54) is 4.90 Å². The number of amides is 1. The average molecular weight is 466 g/mol. The molecular weight excluding hydrogens is 438 g/mol. The van der Waals surface area contributed by atoms with E-state index in [2.05, 4.69) is 10.3 Å². The lowest BCUT2D eigenvalue weighted by molar-refractivity contribution is 0.0333. The van der Waals surface area contributed by atoms with Gasteiger partial charge in [-0.1, -0.05) is 0 Å². The number of aliphatic hydroxyl groups excluding tert-OH is 1. The number of carbonyl (C=O) groups excluding carboxylic acids is 1. The Morgan fingerprint density at radius 3 is 2.88 bits per heavy atom. The maximum absolute atomic E-state index is 12.4. The van der Waals surface area contributed by atoms with E-state index in [0.29, 0.717) is 43.5 Å². The minimum atomic E-state index is -0.833. The normalized spacial score (nSPS) is 18.1. The number of nitrogens with one attached hydrogen (secondary N) is 1. The number of fused-ring (bicyclic) bond motifs is 2. The van der Waals surface area contributed by atoms with E-state index >= 15 is 0 Å². The molecule has 2 aliphatic heterocycles. The van der Waals surface area contributed by atoms with Crippen molar-refractivity contribution in [2.24, 2.45) is 0 Å². The number of methoxy groups -OCH3 is 1. The lowest BCUT2D eigenvalue weighted by Crippen LogP contribution is -2.39. The van der Waals surface area contributed by atoms with Gasteiger partial charge in [-0.3, -0.25) is 9.88 Å². The summed E-state index contributed by atoms with van der Waals surface area (Å²) in [6.45, 7) is 2.19. The SMILES string of the molecule is COc1ccc2nccc(CCNCC(O)C3CN(c4ccc5c(c4)OCCO5)C(=O)O3)c2c1. The molecule has 9 heteroatoms. The van der Waals surface area contributed by atoms with Crippen LogP contribution in [0.15, 0.2) is 48.7 Å². The molecule has 34 heavy (non-hydrogen) atoms. The van der Waals surface area contributed by atoms with Gasteiger partial charge in [-0.05, 0) is 54.9 Å². The van der Waals surface area contributed by atoms with Gasteiger partial charge in [0.05, 0.1) is 24.9 Å². The first-order valence-corrected chi connectivity index (χ1v) is 11.3. The lowest BCUT2D eigenvalue weighted by atomic mass is 10.1. The maximum Gasteiger partial charge on any atom is 0.414 e. The number of anilines is 1. The number of aliphatic hydroxyl groups is 1. The molecule has 9 nitrogen and oxygen atoms in total. The highest BCUT2D eigenvalue weighted by Crippen LogP contribution is 2.35. The third-order valence-corrected chi connectivity index (χ3v) is 6.07. The van der Waals surface area contributed by atoms with Gasteiger partial charge in [-0.2, -0.15) is 0 Å². The maximum atomic E-state index is 12.4. The molecule has 2 N–H and O–H groups in total. The van der Waals surface area contributed by atoms with E-state index in [4.69, 9.17) is 18.9 Å². The molecule has 0 aliphatic carbocycles. The first-order valence-electron chi connectivity index (χ1n) is 11.3. The summed E-state index contributed by atoms with van der Waals surface area (Å²) in [5.74, 6) is 2.04. The van der Waals surface area contributed by atoms with Crippen LogP contribution in [0.3, 0.4) is 0 Å². The van der Waals surface area contributed by atoms with Crippen LogP contribution in [0.25, 0.3) is 10.9 Å². The molecule has 3 heterocycles. The van der Waals surface area contributed by atoms with Crippen molar-refractivity contribution >= 4 is 22.7 Å². The highest BCUT2D eigenvalue weighted by Gasteiger charge is 2.37. The van der Waals surface area contributed by atoms with Gasteiger partial charge in [0, 0.05) is 24.2 Å². The van der Waals surface area contributed by atoms with Crippen LogP contribution in [-0.4, -0.2) is 68.3 Å². The molecule has 2 unspecified atom stereocenters. The second-order valence-corrected chi connectivity index (χ2v) is 8.24. The topological polar surface area (TPSA) is 102 Å². The molecule has 1 saturated heterocycles. The Kier molecular flexibility index (Phi) is 6.37. The number of rotatable bonds is 8. The highest BCUT2D eigenvalue weighted by atomic mass is 16.6. The van der Waals surface area contributed by atoms with Gasteiger partial charge in [0.15, 0.2) is 11.5 Å². The molecule has 3 aromatic rings. The fraction of sp³-hybridized carbons (Fsp3) is 0.360. The van der Waals surface area contributed by atoms with Crippen molar-refractivity contribution in [1.29, 1.82) is 0 Å². The van der Waals surface area contributed by atoms with Crippen molar-refractivity contribution in [2.75, 3.05) is 44.9 Å². The smallest absolute Gasteiger partial charge is 0.414 e. The number of nitrogens with zero attached hydrogens (tertiary/aromatic N) is 2. The van der Waals surface area contributed by atoms with Gasteiger partial charge < -0.3 is 29.4 Å². The Morgan fingerprint density at radius 1 is 1.18 bits per heavy atom. The van der Waals surface area contributed by atoms with Gasteiger partial charge in [0.25, 0.3) is 0 Å². The molecule has 0 saturated carbocycles. The number of hydrogen-bond acceptors (Lipinski definition) is 8. The molecule has 1 aromatic heterocycles. The van der Waals surface area contributed by atoms with E-state index in [9.17, 15) is 9.90 Å². The molecule has 0 radical (unpaired) electrons. The summed E-state index contributed by atoms with van der Waals surface area (Å²) in [7, 11) is 1.64. The van der Waals surface area contributed by atoms with Crippen molar-refractivity contribution in [3.05, 3.63) is 54.2 Å². The van der Waals surface area contributed by atoms with E-state index in [0.717, 1.165) is 28.6 Å². The zero-order valence-electron chi connectivity index (χ0n) is 18.9. The van der Waals surface area contributed by atoms with E-state index in [-0.39, 0.29) is 6.54 Å². The summed E-state index contributed by atoms with van der Waals surface area (Å²) in [6.07, 6.45) is 0.605. The third-order valence-electron chi connectivity index (χ3n) is 6.07. The summed E-state index contributed by atoms with van der Waals surface area (Å²) < 4.78 is 21.9. The van der Waals surface area contributed by atoms with Crippen LogP contribution in [0.5, 0.6) is 17.2 Å². The van der Waals surface area contributed by atoms with Crippen molar-refractivity contribution in [2.45, 2.75) is 18.6 Å². The molecule has 2 aliphatic rings. The standard InChI is InChI=1S/C25H27N3O6/c1-31-18-3-4-20-19(13-18)16(7-9-27-20)6-8-26-14-21(29)24-15-28(25(30)34-24)17-2-5-22-23(12-17)33-11-10-32-22/h2-5,7,9,12-13,21,24,26,29H,6,8,10-11,14-15H2,1H3. The van der Waals surface area contributed by atoms with Crippen LogP contribution in [0.2, 0.25) is 0 Å². The largest absolute Gasteiger partial charge is 0.497 e. The lowest BCUT2D eigenvalue weighted by Gasteiger charge is -2.21. The van der Waals surface area contributed by atoms with E-state index in [1.54, 1.807) is 31.5 Å². The molecule has 2 aromatic carbocycles. The summed E-state index contributed by atoms with van der Waals surface area (Å²) in [4.78, 5) is 18.3. The van der Waals surface area contributed by atoms with E-state index < -0.39 is 18.3 Å². The van der Waals surface area contributed by atoms with Gasteiger partial charge in [0.2, 0.25) is 0 Å². The minimum absolute atomic E-state index is 0.260. The molecule has 178 valence electrons. The molecule has 0 bridgehead atoms. The van der Waals surface area contributed by atoms with Gasteiger partial charge in [-0.15, -0.1) is 0 Å². The van der Waals surface area contributed by atoms with Crippen LogP contribution in [0.4, 0.5) is 10.5 Å². The number of pyridine rings is 1. The molecule has 1 fully saturated rings. The number of cyclic esters (lactones) is 1. The summed E-state index contributed by atoms with van der Waals surface area (Å²) in [5.41, 5.74) is 2.70. The quantitative estimate of drug-likeness (QED) is 0.490. The monoisotopic (exact) mass is 465 g/mol. The van der Waals surface area contributed by atoms with Crippen molar-refractivity contribution in [3.63, 3.8) is 0 Å².